The highest BCUT2D eigenvalue weighted by molar-refractivity contribution is 5.93. The van der Waals surface area contributed by atoms with Crippen LogP contribution in [-0.2, 0) is 0 Å². The van der Waals surface area contributed by atoms with Crippen LogP contribution in [0.3, 0.4) is 0 Å². The number of pyridine rings is 1. The van der Waals surface area contributed by atoms with Crippen molar-refractivity contribution in [3.63, 3.8) is 0 Å². The molecule has 0 spiro atoms. The molecule has 1 atom stereocenters. The number of carboxylic acid groups (broad SMARTS) is 1. The maximum atomic E-state index is 10.8. The number of aliphatic hydroxyl groups is 1. The third-order valence-electron chi connectivity index (χ3n) is 1.98. The lowest BCUT2D eigenvalue weighted by Crippen LogP contribution is -2.19. The van der Waals surface area contributed by atoms with E-state index in [2.05, 4.69) is 10.3 Å². The topological polar surface area (TPSA) is 82.5 Å². The minimum Gasteiger partial charge on any atom is -0.478 e. The molecule has 1 aromatic rings. The van der Waals surface area contributed by atoms with E-state index in [9.17, 15) is 4.79 Å². The number of rotatable bonds is 5. The van der Waals surface area contributed by atoms with Crippen molar-refractivity contribution in [3.05, 3.63) is 23.9 Å². The van der Waals surface area contributed by atoms with Crippen molar-refractivity contribution in [1.29, 1.82) is 0 Å². The molecule has 0 amide bonds. The van der Waals surface area contributed by atoms with Crippen LogP contribution >= 0.6 is 0 Å². The maximum Gasteiger partial charge on any atom is 0.339 e. The molecular weight excluding hydrogens is 196 g/mol. The lowest BCUT2D eigenvalue weighted by molar-refractivity contribution is 0.0697. The molecule has 1 rings (SSSR count). The van der Waals surface area contributed by atoms with Crippen LogP contribution in [0.5, 0.6) is 0 Å². The summed E-state index contributed by atoms with van der Waals surface area (Å²) in [6.45, 7) is 1.92. The summed E-state index contributed by atoms with van der Waals surface area (Å²) in [6.07, 6.45) is 2.08. The van der Waals surface area contributed by atoms with Crippen LogP contribution in [0, 0.1) is 0 Å². The molecule has 1 unspecified atom stereocenters. The Labute approximate surface area is 87.8 Å². The molecule has 5 heteroatoms. The monoisotopic (exact) mass is 210 g/mol. The summed E-state index contributed by atoms with van der Waals surface area (Å²) < 4.78 is 0. The number of nitrogens with one attached hydrogen (secondary N) is 1. The normalized spacial score (nSPS) is 12.1. The van der Waals surface area contributed by atoms with Gasteiger partial charge < -0.3 is 15.5 Å². The van der Waals surface area contributed by atoms with Gasteiger partial charge in [0.1, 0.15) is 11.4 Å². The molecule has 0 fully saturated rings. The molecule has 3 N–H and O–H groups in total. The number of carbonyl (C=O) groups is 1. The van der Waals surface area contributed by atoms with Gasteiger partial charge >= 0.3 is 5.97 Å². The number of hydrogen-bond acceptors (Lipinski definition) is 4. The minimum atomic E-state index is -1.01. The van der Waals surface area contributed by atoms with E-state index in [1.165, 1.54) is 12.3 Å². The van der Waals surface area contributed by atoms with E-state index in [-0.39, 0.29) is 18.2 Å². The predicted molar refractivity (Wildman–Crippen MR) is 56.0 cm³/mol. The van der Waals surface area contributed by atoms with E-state index >= 15 is 0 Å². The zero-order valence-corrected chi connectivity index (χ0v) is 8.47. The van der Waals surface area contributed by atoms with Crippen molar-refractivity contribution in [2.24, 2.45) is 0 Å². The molecule has 1 aromatic heterocycles. The second-order valence-corrected chi connectivity index (χ2v) is 3.26. The zero-order chi connectivity index (χ0) is 11.3. The van der Waals surface area contributed by atoms with E-state index < -0.39 is 5.97 Å². The predicted octanol–water partition coefficient (Wildman–Crippen LogP) is 0.963. The van der Waals surface area contributed by atoms with Crippen molar-refractivity contribution in [2.45, 2.75) is 19.4 Å². The maximum absolute atomic E-state index is 10.8. The standard InChI is InChI=1S/C10H14N2O3/c1-7(4-6-13)12-9-8(10(14)15)3-2-5-11-9/h2-3,5,7,13H,4,6H2,1H3,(H,11,12)(H,14,15). The van der Waals surface area contributed by atoms with Gasteiger partial charge in [-0.25, -0.2) is 9.78 Å². The van der Waals surface area contributed by atoms with Crippen LogP contribution in [-0.4, -0.2) is 33.8 Å². The van der Waals surface area contributed by atoms with Gasteiger partial charge in [0.15, 0.2) is 0 Å². The first-order chi connectivity index (χ1) is 7.15. The van der Waals surface area contributed by atoms with Crippen molar-refractivity contribution in [3.8, 4) is 0 Å². The highest BCUT2D eigenvalue weighted by Gasteiger charge is 2.11. The van der Waals surface area contributed by atoms with Gasteiger partial charge in [0.25, 0.3) is 0 Å². The van der Waals surface area contributed by atoms with Crippen molar-refractivity contribution in [1.82, 2.24) is 4.98 Å². The summed E-state index contributed by atoms with van der Waals surface area (Å²) in [5.74, 6) is -0.673. The number of aromatic carboxylic acids is 1. The highest BCUT2D eigenvalue weighted by atomic mass is 16.4. The molecule has 15 heavy (non-hydrogen) atoms. The summed E-state index contributed by atoms with van der Waals surface area (Å²) in [4.78, 5) is 14.8. The Hall–Kier alpha value is -1.62. The van der Waals surface area contributed by atoms with E-state index in [4.69, 9.17) is 10.2 Å². The van der Waals surface area contributed by atoms with E-state index in [1.54, 1.807) is 6.07 Å². The Kier molecular flexibility index (Phi) is 4.05. The number of nitrogens with zero attached hydrogens (tertiary/aromatic N) is 1. The molecule has 0 aromatic carbocycles. The smallest absolute Gasteiger partial charge is 0.339 e. The molecule has 0 bridgehead atoms. The van der Waals surface area contributed by atoms with Gasteiger partial charge in [-0.15, -0.1) is 0 Å². The third-order valence-corrected chi connectivity index (χ3v) is 1.98. The molecular formula is C10H14N2O3. The van der Waals surface area contributed by atoms with Crippen molar-refractivity contribution >= 4 is 11.8 Å². The van der Waals surface area contributed by atoms with Gasteiger partial charge in [-0.2, -0.15) is 0 Å². The van der Waals surface area contributed by atoms with Gasteiger partial charge in [-0.05, 0) is 25.5 Å². The Bertz CT molecular complexity index is 341. The highest BCUT2D eigenvalue weighted by Crippen LogP contribution is 2.13. The fourth-order valence-corrected chi connectivity index (χ4v) is 1.19. The van der Waals surface area contributed by atoms with Crippen LogP contribution in [0.25, 0.3) is 0 Å². The molecule has 0 saturated carbocycles. The van der Waals surface area contributed by atoms with E-state index in [1.807, 2.05) is 6.92 Å². The lowest BCUT2D eigenvalue weighted by Gasteiger charge is -2.14. The van der Waals surface area contributed by atoms with Gasteiger partial charge in [0, 0.05) is 18.8 Å². The van der Waals surface area contributed by atoms with Crippen LogP contribution in [0.4, 0.5) is 5.82 Å². The van der Waals surface area contributed by atoms with Crippen molar-refractivity contribution in [2.75, 3.05) is 11.9 Å². The summed E-state index contributed by atoms with van der Waals surface area (Å²) >= 11 is 0. The Morgan fingerprint density at radius 2 is 2.40 bits per heavy atom. The summed E-state index contributed by atoms with van der Waals surface area (Å²) in [6, 6.07) is 3.05. The second-order valence-electron chi connectivity index (χ2n) is 3.26. The van der Waals surface area contributed by atoms with Crippen molar-refractivity contribution < 1.29 is 15.0 Å². The fourth-order valence-electron chi connectivity index (χ4n) is 1.19. The fraction of sp³-hybridized carbons (Fsp3) is 0.400. The van der Waals surface area contributed by atoms with E-state index in [0.29, 0.717) is 12.2 Å². The molecule has 5 nitrogen and oxygen atoms in total. The zero-order valence-electron chi connectivity index (χ0n) is 8.47. The first-order valence-corrected chi connectivity index (χ1v) is 4.71. The van der Waals surface area contributed by atoms with E-state index in [0.717, 1.165) is 0 Å². The molecule has 0 radical (unpaired) electrons. The van der Waals surface area contributed by atoms with Crippen LogP contribution < -0.4 is 5.32 Å². The number of aromatic nitrogens is 1. The first-order valence-electron chi connectivity index (χ1n) is 4.71. The third kappa shape index (κ3) is 3.21. The average molecular weight is 210 g/mol. The summed E-state index contributed by atoms with van der Waals surface area (Å²) in [7, 11) is 0. The molecule has 0 aliphatic rings. The number of aliphatic hydroxyl groups excluding tert-OH is 1. The largest absolute Gasteiger partial charge is 0.478 e. The van der Waals surface area contributed by atoms with Gasteiger partial charge in [0.05, 0.1) is 0 Å². The minimum absolute atomic E-state index is 0.0111. The number of anilines is 1. The van der Waals surface area contributed by atoms with Gasteiger partial charge in [-0.3, -0.25) is 0 Å². The molecule has 0 aliphatic heterocycles. The summed E-state index contributed by atoms with van der Waals surface area (Å²) in [5, 5.41) is 20.5. The Balaban J connectivity index is 2.79. The SMILES string of the molecule is CC(CCO)Nc1ncccc1C(=O)O. The lowest BCUT2D eigenvalue weighted by atomic mass is 10.2. The van der Waals surface area contributed by atoms with Crippen LogP contribution in [0.15, 0.2) is 18.3 Å². The number of hydrogen-bond donors (Lipinski definition) is 3. The second kappa shape index (κ2) is 5.31. The quantitative estimate of drug-likeness (QED) is 0.674. The number of carboxylic acids is 1. The Morgan fingerprint density at radius 1 is 1.67 bits per heavy atom. The average Bonchev–Trinajstić information content (AvgIpc) is 2.18. The Morgan fingerprint density at radius 3 is 3.00 bits per heavy atom. The van der Waals surface area contributed by atoms with Gasteiger partial charge in [-0.1, -0.05) is 0 Å². The molecule has 0 saturated heterocycles. The molecule has 1 heterocycles. The summed E-state index contributed by atoms with van der Waals surface area (Å²) in [5.41, 5.74) is 0.141. The van der Waals surface area contributed by atoms with Crippen LogP contribution in [0.2, 0.25) is 0 Å². The first kappa shape index (κ1) is 11.5. The van der Waals surface area contributed by atoms with Crippen LogP contribution in [0.1, 0.15) is 23.7 Å². The molecule has 82 valence electrons. The molecule has 0 aliphatic carbocycles. The van der Waals surface area contributed by atoms with Gasteiger partial charge in [0.2, 0.25) is 0 Å².